The second kappa shape index (κ2) is 6.26. The van der Waals surface area contributed by atoms with E-state index in [4.69, 9.17) is 5.73 Å². The number of nitrogens with two attached hydrogens (primary N) is 1. The Hall–Kier alpha value is -1.88. The molecule has 0 spiro atoms. The molecular weight excluding hydrogens is 284 g/mol. The number of nitrogen functional groups attached to an aromatic ring is 1. The second-order valence-electron chi connectivity index (χ2n) is 5.70. The molecule has 2 aromatic rings. The van der Waals surface area contributed by atoms with Gasteiger partial charge in [-0.2, -0.15) is 0 Å². The fraction of sp³-hybridized carbons (Fsp3) is 0.375. The van der Waals surface area contributed by atoms with Gasteiger partial charge in [0.2, 0.25) is 0 Å². The summed E-state index contributed by atoms with van der Waals surface area (Å²) in [6.45, 7) is 4.31. The van der Waals surface area contributed by atoms with Crippen molar-refractivity contribution < 1.29 is 9.53 Å². The number of aromatic nitrogens is 1. The maximum Gasteiger partial charge on any atom is 0.311 e. The van der Waals surface area contributed by atoms with E-state index in [-0.39, 0.29) is 17.8 Å². The van der Waals surface area contributed by atoms with Gasteiger partial charge in [-0.3, -0.25) is 4.79 Å². The molecule has 21 heavy (non-hydrogen) atoms. The predicted octanol–water partition coefficient (Wildman–Crippen LogP) is 2.96. The molecule has 0 saturated heterocycles. The van der Waals surface area contributed by atoms with E-state index in [1.165, 1.54) is 12.7 Å². The molecule has 0 aliphatic rings. The monoisotopic (exact) mass is 304 g/mol. The van der Waals surface area contributed by atoms with E-state index < -0.39 is 0 Å². The molecule has 0 bridgehead atoms. The van der Waals surface area contributed by atoms with Gasteiger partial charge in [0.15, 0.2) is 0 Å². The minimum Gasteiger partial charge on any atom is -0.469 e. The van der Waals surface area contributed by atoms with Crippen molar-refractivity contribution in [3.8, 4) is 0 Å². The summed E-state index contributed by atoms with van der Waals surface area (Å²) in [6.07, 6.45) is 1.10. The van der Waals surface area contributed by atoms with Crippen molar-refractivity contribution in [3.05, 3.63) is 45.9 Å². The Morgan fingerprint density at radius 2 is 2.00 bits per heavy atom. The van der Waals surface area contributed by atoms with Crippen LogP contribution in [0.1, 0.15) is 30.1 Å². The van der Waals surface area contributed by atoms with E-state index in [0.717, 1.165) is 22.8 Å². The smallest absolute Gasteiger partial charge is 0.311 e. The number of anilines is 1. The fourth-order valence-electron chi connectivity index (χ4n) is 2.14. The summed E-state index contributed by atoms with van der Waals surface area (Å²) in [6, 6.07) is 7.91. The average molecular weight is 304 g/mol. The molecule has 0 radical (unpaired) electrons. The van der Waals surface area contributed by atoms with Gasteiger partial charge in [0, 0.05) is 16.5 Å². The highest BCUT2D eigenvalue weighted by Gasteiger charge is 2.25. The molecule has 1 heterocycles. The summed E-state index contributed by atoms with van der Waals surface area (Å²) in [7, 11) is 1.39. The van der Waals surface area contributed by atoms with Crippen LogP contribution in [-0.4, -0.2) is 18.1 Å². The van der Waals surface area contributed by atoms with Crippen LogP contribution in [0.2, 0.25) is 0 Å². The van der Waals surface area contributed by atoms with Gasteiger partial charge in [-0.15, -0.1) is 11.3 Å². The number of hydrogen-bond donors (Lipinski definition) is 1. The third-order valence-corrected chi connectivity index (χ3v) is 4.57. The Morgan fingerprint density at radius 3 is 2.62 bits per heavy atom. The number of nitrogens with zero attached hydrogens (tertiary/aromatic N) is 1. The molecule has 0 aliphatic carbocycles. The van der Waals surface area contributed by atoms with Crippen LogP contribution in [0.15, 0.2) is 29.6 Å². The van der Waals surface area contributed by atoms with Crippen molar-refractivity contribution in [1.29, 1.82) is 0 Å². The van der Waals surface area contributed by atoms with Crippen LogP contribution >= 0.6 is 11.3 Å². The van der Waals surface area contributed by atoms with E-state index in [1.807, 2.05) is 29.6 Å². The van der Waals surface area contributed by atoms with Crippen LogP contribution in [0.5, 0.6) is 0 Å². The van der Waals surface area contributed by atoms with Crippen LogP contribution in [0, 0.1) is 0 Å². The van der Waals surface area contributed by atoms with E-state index >= 15 is 0 Å². The summed E-state index contributed by atoms with van der Waals surface area (Å²) in [5.41, 5.74) is 8.38. The molecule has 4 nitrogen and oxygen atoms in total. The van der Waals surface area contributed by atoms with Gasteiger partial charge >= 0.3 is 5.97 Å². The molecule has 0 aliphatic heterocycles. The first-order valence-electron chi connectivity index (χ1n) is 6.77. The fourth-order valence-corrected chi connectivity index (χ4v) is 3.09. The Morgan fingerprint density at radius 1 is 1.33 bits per heavy atom. The molecule has 2 rings (SSSR count). The first kappa shape index (κ1) is 15.5. The SMILES string of the molecule is COC(=O)Cc1csc(C(C)(C)Cc2ccc(N)cc2)n1. The highest BCUT2D eigenvalue weighted by Crippen LogP contribution is 2.30. The number of thiazole rings is 1. The van der Waals surface area contributed by atoms with Crippen molar-refractivity contribution in [3.63, 3.8) is 0 Å². The van der Waals surface area contributed by atoms with Crippen molar-refractivity contribution in [2.45, 2.75) is 32.1 Å². The maximum atomic E-state index is 11.3. The first-order valence-corrected chi connectivity index (χ1v) is 7.65. The van der Waals surface area contributed by atoms with Crippen molar-refractivity contribution in [2.24, 2.45) is 0 Å². The zero-order chi connectivity index (χ0) is 15.5. The Labute approximate surface area is 129 Å². The highest BCUT2D eigenvalue weighted by atomic mass is 32.1. The zero-order valence-electron chi connectivity index (χ0n) is 12.6. The minimum absolute atomic E-state index is 0.0881. The van der Waals surface area contributed by atoms with E-state index in [9.17, 15) is 4.79 Å². The first-order chi connectivity index (χ1) is 9.90. The number of carbonyl (C=O) groups excluding carboxylic acids is 1. The number of benzene rings is 1. The number of hydrogen-bond acceptors (Lipinski definition) is 5. The van der Waals surface area contributed by atoms with Crippen LogP contribution in [0.4, 0.5) is 5.69 Å². The molecule has 0 unspecified atom stereocenters. The van der Waals surface area contributed by atoms with E-state index in [0.29, 0.717) is 0 Å². The summed E-state index contributed by atoms with van der Waals surface area (Å²) >= 11 is 1.59. The predicted molar refractivity (Wildman–Crippen MR) is 85.4 cm³/mol. The normalized spacial score (nSPS) is 11.4. The largest absolute Gasteiger partial charge is 0.469 e. The molecule has 1 aromatic heterocycles. The van der Waals surface area contributed by atoms with Gasteiger partial charge in [-0.1, -0.05) is 26.0 Å². The van der Waals surface area contributed by atoms with Gasteiger partial charge in [-0.05, 0) is 24.1 Å². The highest BCUT2D eigenvalue weighted by molar-refractivity contribution is 7.09. The number of methoxy groups -OCH3 is 1. The lowest BCUT2D eigenvalue weighted by atomic mass is 9.86. The molecular formula is C16H20N2O2S. The average Bonchev–Trinajstić information content (AvgIpc) is 2.90. The van der Waals surface area contributed by atoms with Crippen LogP contribution < -0.4 is 5.73 Å². The van der Waals surface area contributed by atoms with E-state index in [2.05, 4.69) is 23.6 Å². The molecule has 5 heteroatoms. The van der Waals surface area contributed by atoms with Gasteiger partial charge < -0.3 is 10.5 Å². The molecule has 2 N–H and O–H groups in total. The zero-order valence-corrected chi connectivity index (χ0v) is 13.4. The Bertz CT molecular complexity index is 617. The third-order valence-electron chi connectivity index (χ3n) is 3.31. The molecule has 0 saturated carbocycles. The van der Waals surface area contributed by atoms with Crippen LogP contribution in [-0.2, 0) is 27.8 Å². The number of ether oxygens (including phenoxy) is 1. The number of rotatable bonds is 5. The lowest BCUT2D eigenvalue weighted by Crippen LogP contribution is -2.20. The third kappa shape index (κ3) is 4.04. The summed E-state index contributed by atoms with van der Waals surface area (Å²) in [4.78, 5) is 15.9. The number of carbonyl (C=O) groups is 1. The minimum atomic E-state index is -0.261. The summed E-state index contributed by atoms with van der Waals surface area (Å²) in [5, 5.41) is 2.95. The standard InChI is InChI=1S/C16H20N2O2S/c1-16(2,9-11-4-6-12(17)7-5-11)15-18-13(10-21-15)8-14(19)20-3/h4-7,10H,8-9,17H2,1-3H3. The molecule has 0 atom stereocenters. The van der Waals surface area contributed by atoms with Gasteiger partial charge in [-0.25, -0.2) is 4.98 Å². The Kier molecular flexibility index (Phi) is 4.63. The lowest BCUT2D eigenvalue weighted by molar-refractivity contribution is -0.139. The van der Waals surface area contributed by atoms with Gasteiger partial charge in [0.25, 0.3) is 0 Å². The molecule has 112 valence electrons. The van der Waals surface area contributed by atoms with Gasteiger partial charge in [0.05, 0.1) is 24.2 Å². The quantitative estimate of drug-likeness (QED) is 0.681. The second-order valence-corrected chi connectivity index (χ2v) is 6.56. The van der Waals surface area contributed by atoms with Crippen molar-refractivity contribution in [2.75, 3.05) is 12.8 Å². The van der Waals surface area contributed by atoms with Gasteiger partial charge in [0.1, 0.15) is 0 Å². The summed E-state index contributed by atoms with van der Waals surface area (Å²) < 4.78 is 4.67. The summed E-state index contributed by atoms with van der Waals surface area (Å²) in [5.74, 6) is -0.261. The topological polar surface area (TPSA) is 65.2 Å². The molecule has 0 fully saturated rings. The Balaban J connectivity index is 2.11. The van der Waals surface area contributed by atoms with Crippen molar-refractivity contribution >= 4 is 23.0 Å². The maximum absolute atomic E-state index is 11.3. The number of esters is 1. The molecule has 0 amide bonds. The van der Waals surface area contributed by atoms with Crippen molar-refractivity contribution in [1.82, 2.24) is 4.98 Å². The lowest BCUT2D eigenvalue weighted by Gasteiger charge is -2.22. The van der Waals surface area contributed by atoms with Crippen LogP contribution in [0.3, 0.4) is 0 Å². The molecule has 1 aromatic carbocycles. The van der Waals surface area contributed by atoms with Crippen LogP contribution in [0.25, 0.3) is 0 Å². The van der Waals surface area contributed by atoms with E-state index in [1.54, 1.807) is 11.3 Å².